The van der Waals surface area contributed by atoms with Crippen molar-refractivity contribution in [3.8, 4) is 29.5 Å². The predicted octanol–water partition coefficient (Wildman–Crippen LogP) is 1.36. The molecule has 0 bridgehead atoms. The third kappa shape index (κ3) is 3.24. The molecule has 0 amide bonds. The van der Waals surface area contributed by atoms with Crippen molar-refractivity contribution in [1.29, 1.82) is 0 Å². The van der Waals surface area contributed by atoms with Gasteiger partial charge in [0.25, 0.3) is 5.56 Å². The van der Waals surface area contributed by atoms with Crippen LogP contribution in [0.15, 0.2) is 40.2 Å². The highest BCUT2D eigenvalue weighted by atomic mass is 19.2. The Labute approximate surface area is 173 Å². The molecule has 0 N–H and O–H groups in total. The fraction of sp³-hybridized carbons (Fsp3) is 0.150. The first-order valence-corrected chi connectivity index (χ1v) is 8.87. The zero-order chi connectivity index (χ0) is 22.3. The number of rotatable bonds is 4. The van der Waals surface area contributed by atoms with E-state index in [9.17, 15) is 18.4 Å². The van der Waals surface area contributed by atoms with Gasteiger partial charge >= 0.3 is 5.69 Å². The van der Waals surface area contributed by atoms with Gasteiger partial charge in [0.1, 0.15) is 16.8 Å². The molecule has 0 fully saturated rings. The number of benzene rings is 1. The van der Waals surface area contributed by atoms with Crippen molar-refractivity contribution in [1.82, 2.24) is 29.1 Å². The lowest BCUT2D eigenvalue weighted by Gasteiger charge is -2.15. The van der Waals surface area contributed by atoms with Crippen LogP contribution in [0.25, 0.3) is 22.4 Å². The van der Waals surface area contributed by atoms with E-state index in [-0.39, 0.29) is 34.6 Å². The summed E-state index contributed by atoms with van der Waals surface area (Å²) < 4.78 is 34.3. The number of hydrogen-bond acceptors (Lipinski definition) is 6. The number of terminal acetylenes is 1. The van der Waals surface area contributed by atoms with E-state index in [4.69, 9.17) is 11.2 Å². The minimum atomic E-state index is -1.10. The molecular formula is C20H14F2N6O3. The molecular weight excluding hydrogens is 410 g/mol. The summed E-state index contributed by atoms with van der Waals surface area (Å²) in [5, 5.41) is 8.17. The van der Waals surface area contributed by atoms with Gasteiger partial charge in [-0.3, -0.25) is 14.3 Å². The molecule has 3 aromatic heterocycles. The molecule has 1 aromatic carbocycles. The van der Waals surface area contributed by atoms with Gasteiger partial charge in [-0.1, -0.05) is 5.92 Å². The first kappa shape index (κ1) is 20.0. The Morgan fingerprint density at radius 3 is 2.32 bits per heavy atom. The first-order valence-electron chi connectivity index (χ1n) is 8.87. The van der Waals surface area contributed by atoms with E-state index < -0.39 is 22.9 Å². The summed E-state index contributed by atoms with van der Waals surface area (Å²) in [5.74, 6) is 0.481. The normalized spacial score (nSPS) is 10.9. The van der Waals surface area contributed by atoms with Gasteiger partial charge in [-0.25, -0.2) is 18.1 Å². The van der Waals surface area contributed by atoms with Crippen LogP contribution < -0.4 is 16.0 Å². The molecule has 3 heterocycles. The average molecular weight is 424 g/mol. The Bertz CT molecular complexity index is 1460. The summed E-state index contributed by atoms with van der Waals surface area (Å²) in [6.45, 7) is 1.36. The third-order valence-electron chi connectivity index (χ3n) is 4.64. The Morgan fingerprint density at radius 1 is 1.10 bits per heavy atom. The van der Waals surface area contributed by atoms with E-state index in [1.165, 1.54) is 37.1 Å². The molecule has 9 nitrogen and oxygen atoms in total. The lowest BCUT2D eigenvalue weighted by molar-refractivity contribution is 0.412. The second-order valence-corrected chi connectivity index (χ2v) is 6.47. The number of nitrogens with zero attached hydrogens (tertiary/aromatic N) is 6. The second-order valence-electron chi connectivity index (χ2n) is 6.47. The van der Waals surface area contributed by atoms with E-state index in [0.717, 1.165) is 21.5 Å². The van der Waals surface area contributed by atoms with Crippen LogP contribution in [0.2, 0.25) is 0 Å². The molecule has 4 rings (SSSR count). The van der Waals surface area contributed by atoms with Crippen LogP contribution in [0.4, 0.5) is 8.78 Å². The van der Waals surface area contributed by atoms with Crippen LogP contribution in [0.3, 0.4) is 0 Å². The van der Waals surface area contributed by atoms with Crippen LogP contribution in [-0.2, 0) is 6.54 Å². The van der Waals surface area contributed by atoms with Gasteiger partial charge in [0.05, 0.1) is 37.4 Å². The molecule has 11 heteroatoms. The molecule has 0 saturated carbocycles. The highest BCUT2D eigenvalue weighted by Gasteiger charge is 2.21. The monoisotopic (exact) mass is 424 g/mol. The molecule has 0 radical (unpaired) electrons. The van der Waals surface area contributed by atoms with Crippen molar-refractivity contribution in [2.75, 3.05) is 7.11 Å². The number of methoxy groups -OCH3 is 1. The number of pyridine rings is 1. The van der Waals surface area contributed by atoms with Gasteiger partial charge in [-0.15, -0.1) is 21.4 Å². The Morgan fingerprint density at radius 2 is 1.74 bits per heavy atom. The van der Waals surface area contributed by atoms with E-state index in [2.05, 4.69) is 21.1 Å². The summed E-state index contributed by atoms with van der Waals surface area (Å²) in [6.07, 6.45) is 8.12. The minimum absolute atomic E-state index is 0.0296. The molecule has 0 saturated heterocycles. The molecule has 31 heavy (non-hydrogen) atoms. The SMILES string of the molecule is C#CCn1c(C)c(-n2nc3cc(F)c(F)cc3n2)c(=O)n(-c2cncc(OC)c2)c1=O. The van der Waals surface area contributed by atoms with Crippen LogP contribution in [0.1, 0.15) is 5.69 Å². The van der Waals surface area contributed by atoms with Gasteiger partial charge in [0, 0.05) is 18.2 Å². The smallest absolute Gasteiger partial charge is 0.336 e. The predicted molar refractivity (Wildman–Crippen MR) is 107 cm³/mol. The second kappa shape index (κ2) is 7.49. The standard InChI is InChI=1S/C20H14F2N6O3/c1-4-5-26-11(2)18(28-24-16-7-14(21)15(22)8-17(16)25-28)19(29)27(20(26)30)12-6-13(31-3)10-23-9-12/h1,6-10H,5H2,2-3H3. The highest BCUT2D eigenvalue weighted by molar-refractivity contribution is 5.74. The van der Waals surface area contributed by atoms with Crippen LogP contribution in [0, 0.1) is 30.9 Å². The molecule has 0 aliphatic rings. The van der Waals surface area contributed by atoms with Crippen molar-refractivity contribution < 1.29 is 13.5 Å². The lowest BCUT2D eigenvalue weighted by atomic mass is 10.3. The quantitative estimate of drug-likeness (QED) is 0.459. The Balaban J connectivity index is 2.07. The average Bonchev–Trinajstić information content (AvgIpc) is 3.13. The number of ether oxygens (including phenoxy) is 1. The van der Waals surface area contributed by atoms with Gasteiger partial charge < -0.3 is 4.74 Å². The molecule has 0 aliphatic heterocycles. The van der Waals surface area contributed by atoms with Gasteiger partial charge in [0.15, 0.2) is 17.3 Å². The van der Waals surface area contributed by atoms with Gasteiger partial charge in [-0.2, -0.15) is 0 Å². The Hall–Kier alpha value is -4.33. The van der Waals surface area contributed by atoms with Crippen molar-refractivity contribution in [3.63, 3.8) is 0 Å². The summed E-state index contributed by atoms with van der Waals surface area (Å²) in [4.78, 5) is 31.3. The summed E-state index contributed by atoms with van der Waals surface area (Å²) in [7, 11) is 1.41. The maximum Gasteiger partial charge on any atom is 0.336 e. The summed E-state index contributed by atoms with van der Waals surface area (Å²) in [6, 6.07) is 3.18. The highest BCUT2D eigenvalue weighted by Crippen LogP contribution is 2.17. The molecule has 0 aliphatic carbocycles. The molecule has 156 valence electrons. The van der Waals surface area contributed by atoms with Crippen LogP contribution >= 0.6 is 0 Å². The summed E-state index contributed by atoms with van der Waals surface area (Å²) >= 11 is 0. The number of hydrogen-bond donors (Lipinski definition) is 0. The molecule has 4 aromatic rings. The van der Waals surface area contributed by atoms with Crippen molar-refractivity contribution in [2.24, 2.45) is 0 Å². The van der Waals surface area contributed by atoms with E-state index in [1.807, 2.05) is 0 Å². The van der Waals surface area contributed by atoms with Gasteiger partial charge in [-0.05, 0) is 6.92 Å². The van der Waals surface area contributed by atoms with E-state index in [0.29, 0.717) is 5.75 Å². The van der Waals surface area contributed by atoms with Crippen molar-refractivity contribution >= 4 is 11.0 Å². The van der Waals surface area contributed by atoms with Gasteiger partial charge in [0.2, 0.25) is 0 Å². The van der Waals surface area contributed by atoms with E-state index in [1.54, 1.807) is 0 Å². The largest absolute Gasteiger partial charge is 0.495 e. The molecule has 0 atom stereocenters. The van der Waals surface area contributed by atoms with Crippen molar-refractivity contribution in [3.05, 3.63) is 68.8 Å². The maximum absolute atomic E-state index is 13.6. The van der Waals surface area contributed by atoms with Crippen LogP contribution in [0.5, 0.6) is 5.75 Å². The fourth-order valence-electron chi connectivity index (χ4n) is 3.13. The van der Waals surface area contributed by atoms with E-state index >= 15 is 0 Å². The van der Waals surface area contributed by atoms with Crippen molar-refractivity contribution in [2.45, 2.75) is 13.5 Å². The minimum Gasteiger partial charge on any atom is -0.495 e. The third-order valence-corrected chi connectivity index (χ3v) is 4.64. The lowest BCUT2D eigenvalue weighted by Crippen LogP contribution is -2.42. The number of halogens is 2. The zero-order valence-electron chi connectivity index (χ0n) is 16.3. The van der Waals surface area contributed by atoms with Crippen LogP contribution in [-0.4, -0.2) is 36.2 Å². The first-order chi connectivity index (χ1) is 14.8. The number of aromatic nitrogens is 6. The Kier molecular flexibility index (Phi) is 4.82. The zero-order valence-corrected chi connectivity index (χ0v) is 16.3. The summed E-state index contributed by atoms with van der Waals surface area (Å²) in [5.41, 5.74) is -1.21. The maximum atomic E-state index is 13.6. The topological polar surface area (TPSA) is 96.8 Å². The number of fused-ring (bicyclic) bond motifs is 1. The fourth-order valence-corrected chi connectivity index (χ4v) is 3.13. The molecule has 0 unspecified atom stereocenters. The molecule has 0 spiro atoms.